The fourth-order valence-electron chi connectivity index (χ4n) is 2.02. The molecule has 8 nitrogen and oxygen atoms in total. The molecule has 5 N–H and O–H groups in total. The molecule has 11 heteroatoms. The van der Waals surface area contributed by atoms with Crippen LogP contribution in [0, 0.1) is 11.6 Å². The minimum absolute atomic E-state index is 0.0782. The number of halogens is 3. The van der Waals surface area contributed by atoms with E-state index in [4.69, 9.17) is 5.73 Å². The van der Waals surface area contributed by atoms with Crippen molar-refractivity contribution in [2.75, 3.05) is 19.0 Å². The summed E-state index contributed by atoms with van der Waals surface area (Å²) in [5, 5.41) is 7.02. The molecule has 26 heavy (non-hydrogen) atoms. The Balaban J connectivity index is 2.80. The second-order valence-electron chi connectivity index (χ2n) is 5.16. The number of carbonyl (C=O) groups is 3. The number of rotatable bonds is 8. The summed E-state index contributed by atoms with van der Waals surface area (Å²) in [7, 11) is 1.13. The SMILES string of the molecule is COC(=O)N[C@@H](CCCNC(N)=O)C(=O)Nc1cc(F)c(CI)c(F)c1. The fourth-order valence-corrected chi connectivity index (χ4v) is 2.75. The van der Waals surface area contributed by atoms with Gasteiger partial charge in [-0.1, -0.05) is 22.6 Å². The molecule has 0 aliphatic carbocycles. The molecule has 144 valence electrons. The zero-order valence-electron chi connectivity index (χ0n) is 13.9. The van der Waals surface area contributed by atoms with Crippen LogP contribution in [-0.4, -0.2) is 37.7 Å². The van der Waals surface area contributed by atoms with Crippen molar-refractivity contribution in [3.05, 3.63) is 29.3 Å². The first-order valence-corrected chi connectivity index (χ1v) is 9.03. The summed E-state index contributed by atoms with van der Waals surface area (Å²) in [5.41, 5.74) is 4.76. The van der Waals surface area contributed by atoms with Gasteiger partial charge in [-0.2, -0.15) is 0 Å². The molecule has 1 aromatic carbocycles. The quantitative estimate of drug-likeness (QED) is 0.256. The molecule has 0 saturated carbocycles. The Hall–Kier alpha value is -2.18. The van der Waals surface area contributed by atoms with Gasteiger partial charge in [0.25, 0.3) is 0 Å². The van der Waals surface area contributed by atoms with Gasteiger partial charge in [-0.05, 0) is 25.0 Å². The molecule has 0 fully saturated rings. The zero-order valence-corrected chi connectivity index (χ0v) is 16.1. The molecule has 0 heterocycles. The van der Waals surface area contributed by atoms with Crippen molar-refractivity contribution in [3.8, 4) is 0 Å². The fraction of sp³-hybridized carbons (Fsp3) is 0.400. The molecule has 0 spiro atoms. The standard InChI is InChI=1S/C15H19F2IN4O4/c1-26-15(25)22-12(3-2-4-20-14(19)24)13(23)21-8-5-10(16)9(7-18)11(17)6-8/h5-6,12H,2-4,7H2,1H3,(H,21,23)(H,22,25)(H3,19,20,24)/t12-/m0/s1. The molecule has 0 unspecified atom stereocenters. The van der Waals surface area contributed by atoms with Crippen LogP contribution in [0.25, 0.3) is 0 Å². The van der Waals surface area contributed by atoms with E-state index in [0.717, 1.165) is 19.2 Å². The van der Waals surface area contributed by atoms with E-state index in [1.165, 1.54) is 0 Å². The Morgan fingerprint density at radius 3 is 2.38 bits per heavy atom. The van der Waals surface area contributed by atoms with Gasteiger partial charge >= 0.3 is 12.1 Å². The third kappa shape index (κ3) is 6.98. The van der Waals surface area contributed by atoms with E-state index in [2.05, 4.69) is 20.7 Å². The van der Waals surface area contributed by atoms with Crippen molar-refractivity contribution >= 4 is 46.3 Å². The predicted molar refractivity (Wildman–Crippen MR) is 98.9 cm³/mol. The van der Waals surface area contributed by atoms with Gasteiger partial charge in [-0.3, -0.25) is 4.79 Å². The van der Waals surface area contributed by atoms with Crippen LogP contribution in [-0.2, 0) is 14.0 Å². The van der Waals surface area contributed by atoms with Crippen LogP contribution in [0.3, 0.4) is 0 Å². The molecule has 1 aromatic rings. The molecule has 0 aliphatic rings. The van der Waals surface area contributed by atoms with Crippen molar-refractivity contribution in [2.45, 2.75) is 23.3 Å². The summed E-state index contributed by atoms with van der Waals surface area (Å²) >= 11 is 1.83. The number of alkyl carbamates (subject to hydrolysis) is 1. The zero-order chi connectivity index (χ0) is 19.7. The number of amides is 4. The first-order chi connectivity index (χ1) is 12.3. The largest absolute Gasteiger partial charge is 0.453 e. The smallest absolute Gasteiger partial charge is 0.407 e. The second-order valence-corrected chi connectivity index (χ2v) is 5.93. The minimum Gasteiger partial charge on any atom is -0.453 e. The van der Waals surface area contributed by atoms with E-state index in [1.54, 1.807) is 0 Å². The minimum atomic E-state index is -1.03. The lowest BCUT2D eigenvalue weighted by Gasteiger charge is -2.18. The maximum Gasteiger partial charge on any atom is 0.407 e. The van der Waals surface area contributed by atoms with Gasteiger partial charge in [0.1, 0.15) is 17.7 Å². The van der Waals surface area contributed by atoms with E-state index in [1.807, 2.05) is 22.6 Å². The number of methoxy groups -OCH3 is 1. The number of urea groups is 1. The molecule has 4 amide bonds. The van der Waals surface area contributed by atoms with Gasteiger partial charge < -0.3 is 26.4 Å². The van der Waals surface area contributed by atoms with Crippen LogP contribution in [0.4, 0.5) is 24.1 Å². The molecule has 1 rings (SSSR count). The number of primary amides is 1. The third-order valence-corrected chi connectivity index (χ3v) is 4.07. The number of carbonyl (C=O) groups excluding carboxylic acids is 3. The molecular weight excluding hydrogens is 465 g/mol. The summed E-state index contributed by atoms with van der Waals surface area (Å²) in [5.74, 6) is -2.24. The monoisotopic (exact) mass is 484 g/mol. The molecule has 1 atom stereocenters. The Morgan fingerprint density at radius 2 is 1.88 bits per heavy atom. The average molecular weight is 484 g/mol. The van der Waals surface area contributed by atoms with Crippen molar-refractivity contribution in [2.24, 2.45) is 5.73 Å². The van der Waals surface area contributed by atoms with E-state index < -0.39 is 35.7 Å². The number of hydrogen-bond donors (Lipinski definition) is 4. The van der Waals surface area contributed by atoms with E-state index in [-0.39, 0.29) is 28.6 Å². The molecule has 0 aromatic heterocycles. The summed E-state index contributed by atoms with van der Waals surface area (Å²) < 4.78 is 32.2. The summed E-state index contributed by atoms with van der Waals surface area (Å²) in [6.07, 6.45) is -0.384. The van der Waals surface area contributed by atoms with Crippen molar-refractivity contribution in [1.82, 2.24) is 10.6 Å². The van der Waals surface area contributed by atoms with Crippen LogP contribution >= 0.6 is 22.6 Å². The average Bonchev–Trinajstić information content (AvgIpc) is 2.56. The number of nitrogens with two attached hydrogens (primary N) is 1. The highest BCUT2D eigenvalue weighted by Crippen LogP contribution is 2.21. The van der Waals surface area contributed by atoms with Crippen LogP contribution in [0.15, 0.2) is 12.1 Å². The van der Waals surface area contributed by atoms with E-state index in [0.29, 0.717) is 6.42 Å². The summed E-state index contributed by atoms with van der Waals surface area (Å²) in [6, 6.07) is 0.248. The van der Waals surface area contributed by atoms with Gasteiger partial charge in [0.2, 0.25) is 5.91 Å². The highest BCUT2D eigenvalue weighted by molar-refractivity contribution is 14.1. The maximum absolute atomic E-state index is 13.8. The van der Waals surface area contributed by atoms with Gasteiger partial charge in [0.05, 0.1) is 7.11 Å². The second kappa shape index (κ2) is 10.7. The molecule has 0 saturated heterocycles. The van der Waals surface area contributed by atoms with Crippen LogP contribution in [0.2, 0.25) is 0 Å². The molecule has 0 radical (unpaired) electrons. The van der Waals surface area contributed by atoms with Gasteiger partial charge in [0, 0.05) is 22.2 Å². The normalized spacial score (nSPS) is 11.4. The lowest BCUT2D eigenvalue weighted by molar-refractivity contribution is -0.118. The number of anilines is 1. The van der Waals surface area contributed by atoms with Crippen molar-refractivity contribution < 1.29 is 27.9 Å². The molecule has 0 aliphatic heterocycles. The van der Waals surface area contributed by atoms with E-state index in [9.17, 15) is 23.2 Å². The Morgan fingerprint density at radius 1 is 1.27 bits per heavy atom. The maximum atomic E-state index is 13.8. The molecular formula is C15H19F2IN4O4. The Kier molecular flexibility index (Phi) is 9.02. The van der Waals surface area contributed by atoms with E-state index >= 15 is 0 Å². The number of ether oxygens (including phenoxy) is 1. The van der Waals surface area contributed by atoms with Crippen molar-refractivity contribution in [1.29, 1.82) is 0 Å². The third-order valence-electron chi connectivity index (χ3n) is 3.30. The summed E-state index contributed by atoms with van der Waals surface area (Å²) in [4.78, 5) is 34.3. The Labute approximate surface area is 162 Å². The highest BCUT2D eigenvalue weighted by Gasteiger charge is 2.22. The number of benzene rings is 1. The molecule has 0 bridgehead atoms. The van der Waals surface area contributed by atoms with Crippen LogP contribution < -0.4 is 21.7 Å². The van der Waals surface area contributed by atoms with Gasteiger partial charge in [0.15, 0.2) is 0 Å². The highest BCUT2D eigenvalue weighted by atomic mass is 127. The Bertz CT molecular complexity index is 652. The first kappa shape index (κ1) is 21.9. The van der Waals surface area contributed by atoms with Crippen LogP contribution in [0.1, 0.15) is 18.4 Å². The number of alkyl halides is 1. The van der Waals surface area contributed by atoms with Gasteiger partial charge in [-0.25, -0.2) is 18.4 Å². The van der Waals surface area contributed by atoms with Crippen LogP contribution in [0.5, 0.6) is 0 Å². The topological polar surface area (TPSA) is 123 Å². The lowest BCUT2D eigenvalue weighted by Crippen LogP contribution is -2.44. The van der Waals surface area contributed by atoms with Gasteiger partial charge in [-0.15, -0.1) is 0 Å². The summed E-state index contributed by atoms with van der Waals surface area (Å²) in [6.45, 7) is 0.190. The lowest BCUT2D eigenvalue weighted by atomic mass is 10.1. The number of nitrogens with one attached hydrogen (secondary N) is 3. The predicted octanol–water partition coefficient (Wildman–Crippen LogP) is 2.01. The first-order valence-electron chi connectivity index (χ1n) is 7.51. The van der Waals surface area contributed by atoms with Crippen molar-refractivity contribution in [3.63, 3.8) is 0 Å². The number of hydrogen-bond acceptors (Lipinski definition) is 4.